The lowest BCUT2D eigenvalue weighted by Gasteiger charge is -2.21. The summed E-state index contributed by atoms with van der Waals surface area (Å²) in [6.45, 7) is 10.2. The van der Waals surface area contributed by atoms with Gasteiger partial charge in [0.1, 0.15) is 11.2 Å². The van der Waals surface area contributed by atoms with Crippen LogP contribution in [0.15, 0.2) is 18.6 Å². The molecule has 6 rings (SSSR count). The standard InChI is InChI=1S/C23H27N5S/c1-11(2)20-17-7-19(16-6-15-5-14(16)8-24-15)29-23(17)27-21(20)18-9-28-22(25-10-26-28)13(4)12(18)3/h7,9-11,14-16,24,27H,5-6,8H2,1-4H3/t14-,15-,16+/m0/s1. The van der Waals surface area contributed by atoms with Crippen LogP contribution in [0.1, 0.15) is 60.1 Å². The molecule has 1 saturated carbocycles. The predicted molar refractivity (Wildman–Crippen MR) is 119 cm³/mol. The molecule has 5 heterocycles. The summed E-state index contributed by atoms with van der Waals surface area (Å²) >= 11 is 1.98. The fourth-order valence-corrected chi connectivity index (χ4v) is 6.94. The lowest BCUT2D eigenvalue weighted by atomic mass is 9.92. The van der Waals surface area contributed by atoms with E-state index in [2.05, 4.69) is 60.3 Å². The second-order valence-electron chi connectivity index (χ2n) is 9.22. The number of fused-ring (bicyclic) bond motifs is 4. The average Bonchev–Trinajstić information content (AvgIpc) is 3.48. The lowest BCUT2D eigenvalue weighted by Crippen LogP contribution is -2.28. The number of aromatic amines is 1. The third-order valence-corrected chi connectivity index (χ3v) is 8.43. The number of hydrogen-bond donors (Lipinski definition) is 2. The van der Waals surface area contributed by atoms with Crippen LogP contribution < -0.4 is 5.32 Å². The Morgan fingerprint density at radius 2 is 2.07 bits per heavy atom. The summed E-state index contributed by atoms with van der Waals surface area (Å²) in [7, 11) is 0. The van der Waals surface area contributed by atoms with Crippen molar-refractivity contribution in [3.8, 4) is 11.3 Å². The van der Waals surface area contributed by atoms with E-state index in [0.29, 0.717) is 5.92 Å². The first-order valence-corrected chi connectivity index (χ1v) is 11.5. The van der Waals surface area contributed by atoms with Crippen LogP contribution in [0.2, 0.25) is 0 Å². The quantitative estimate of drug-likeness (QED) is 0.496. The van der Waals surface area contributed by atoms with Crippen molar-refractivity contribution in [3.63, 3.8) is 0 Å². The minimum absolute atomic E-state index is 0.453. The Labute approximate surface area is 174 Å². The normalized spacial score (nSPS) is 24.0. The van der Waals surface area contributed by atoms with Crippen LogP contribution >= 0.6 is 11.3 Å². The van der Waals surface area contributed by atoms with Gasteiger partial charge in [0.2, 0.25) is 0 Å². The van der Waals surface area contributed by atoms with Gasteiger partial charge in [-0.15, -0.1) is 11.3 Å². The Hall–Kier alpha value is -2.18. The van der Waals surface area contributed by atoms with Crippen LogP contribution in [0.3, 0.4) is 0 Å². The SMILES string of the molecule is Cc1c(-c2[nH]c3sc([C@@H]4C[C@@H]5C[C@H]4CN5)cc3c2C(C)C)cn2ncnc2c1C. The second kappa shape index (κ2) is 6.16. The number of piperidine rings is 1. The molecule has 6 heteroatoms. The van der Waals surface area contributed by atoms with Gasteiger partial charge in [-0.05, 0) is 73.7 Å². The van der Waals surface area contributed by atoms with Gasteiger partial charge in [0.15, 0.2) is 5.65 Å². The van der Waals surface area contributed by atoms with Crippen LogP contribution in [0.5, 0.6) is 0 Å². The van der Waals surface area contributed by atoms with Gasteiger partial charge in [-0.1, -0.05) is 13.8 Å². The number of H-pyrrole nitrogens is 1. The molecule has 150 valence electrons. The highest BCUT2D eigenvalue weighted by atomic mass is 32.1. The molecule has 0 aromatic carbocycles. The van der Waals surface area contributed by atoms with E-state index in [-0.39, 0.29) is 0 Å². The molecule has 2 fully saturated rings. The molecule has 1 aliphatic heterocycles. The molecule has 1 aliphatic carbocycles. The Morgan fingerprint density at radius 1 is 1.21 bits per heavy atom. The van der Waals surface area contributed by atoms with Crippen molar-refractivity contribution >= 4 is 27.2 Å². The fraction of sp³-hybridized carbons (Fsp3) is 0.478. The van der Waals surface area contributed by atoms with E-state index in [0.717, 1.165) is 23.5 Å². The molecule has 0 unspecified atom stereocenters. The third kappa shape index (κ3) is 2.48. The summed E-state index contributed by atoms with van der Waals surface area (Å²) in [5.41, 5.74) is 7.34. The molecule has 4 aromatic heterocycles. The van der Waals surface area contributed by atoms with E-state index >= 15 is 0 Å². The van der Waals surface area contributed by atoms with E-state index in [4.69, 9.17) is 0 Å². The molecular formula is C23H27N5S. The van der Waals surface area contributed by atoms with Crippen molar-refractivity contribution in [3.05, 3.63) is 40.2 Å². The Kier molecular flexibility index (Phi) is 3.75. The molecular weight excluding hydrogens is 378 g/mol. The Balaban J connectivity index is 1.52. The number of nitrogens with zero attached hydrogens (tertiary/aromatic N) is 3. The maximum atomic E-state index is 4.42. The van der Waals surface area contributed by atoms with Crippen LogP contribution in [-0.2, 0) is 0 Å². The number of pyridine rings is 1. The maximum Gasteiger partial charge on any atom is 0.158 e. The van der Waals surface area contributed by atoms with E-state index in [1.807, 2.05) is 15.9 Å². The molecule has 2 aliphatic rings. The summed E-state index contributed by atoms with van der Waals surface area (Å²) in [6.07, 6.45) is 6.43. The summed E-state index contributed by atoms with van der Waals surface area (Å²) in [5, 5.41) is 9.47. The van der Waals surface area contributed by atoms with E-state index in [1.165, 1.54) is 57.6 Å². The lowest BCUT2D eigenvalue weighted by molar-refractivity contribution is 0.446. The van der Waals surface area contributed by atoms with Gasteiger partial charge >= 0.3 is 0 Å². The predicted octanol–water partition coefficient (Wildman–Crippen LogP) is 5.14. The van der Waals surface area contributed by atoms with Crippen LogP contribution in [-0.4, -0.2) is 32.2 Å². The van der Waals surface area contributed by atoms with Crippen LogP contribution in [0, 0.1) is 19.8 Å². The molecule has 0 radical (unpaired) electrons. The molecule has 3 atom stereocenters. The summed E-state index contributed by atoms with van der Waals surface area (Å²) in [5.74, 6) is 2.02. The third-order valence-electron chi connectivity index (χ3n) is 7.25. The number of aromatic nitrogens is 4. The highest BCUT2D eigenvalue weighted by molar-refractivity contribution is 7.18. The average molecular weight is 406 g/mol. The zero-order valence-electron chi connectivity index (χ0n) is 17.4. The molecule has 29 heavy (non-hydrogen) atoms. The van der Waals surface area contributed by atoms with Gasteiger partial charge in [-0.3, -0.25) is 0 Å². The first-order chi connectivity index (χ1) is 14.0. The van der Waals surface area contributed by atoms with Gasteiger partial charge < -0.3 is 10.3 Å². The minimum atomic E-state index is 0.453. The first kappa shape index (κ1) is 17.7. The number of nitrogens with one attached hydrogen (secondary N) is 2. The van der Waals surface area contributed by atoms with Gasteiger partial charge in [0, 0.05) is 28.1 Å². The summed E-state index contributed by atoms with van der Waals surface area (Å²) < 4.78 is 1.91. The van der Waals surface area contributed by atoms with Crippen molar-refractivity contribution in [1.29, 1.82) is 0 Å². The van der Waals surface area contributed by atoms with E-state index < -0.39 is 0 Å². The largest absolute Gasteiger partial charge is 0.346 e. The molecule has 0 amide bonds. The molecule has 2 N–H and O–H groups in total. The van der Waals surface area contributed by atoms with Gasteiger partial charge in [-0.2, -0.15) is 5.10 Å². The van der Waals surface area contributed by atoms with Gasteiger partial charge in [-0.25, -0.2) is 9.50 Å². The first-order valence-electron chi connectivity index (χ1n) is 10.7. The molecule has 2 bridgehead atoms. The highest BCUT2D eigenvalue weighted by Gasteiger charge is 2.41. The fourth-order valence-electron chi connectivity index (χ4n) is 5.65. The molecule has 1 saturated heterocycles. The summed E-state index contributed by atoms with van der Waals surface area (Å²) in [4.78, 5) is 11.1. The number of thiophene rings is 1. The topological polar surface area (TPSA) is 58.0 Å². The van der Waals surface area contributed by atoms with Crippen molar-refractivity contribution in [1.82, 2.24) is 24.9 Å². The van der Waals surface area contributed by atoms with E-state index in [9.17, 15) is 0 Å². The van der Waals surface area contributed by atoms with Crippen LogP contribution in [0.25, 0.3) is 27.1 Å². The second-order valence-corrected chi connectivity index (χ2v) is 10.3. The molecule has 5 nitrogen and oxygen atoms in total. The van der Waals surface area contributed by atoms with Crippen molar-refractivity contribution in [2.45, 2.75) is 58.4 Å². The number of aryl methyl sites for hydroxylation is 1. The van der Waals surface area contributed by atoms with Crippen LogP contribution in [0.4, 0.5) is 0 Å². The van der Waals surface area contributed by atoms with Crippen molar-refractivity contribution in [2.24, 2.45) is 5.92 Å². The van der Waals surface area contributed by atoms with Crippen molar-refractivity contribution < 1.29 is 0 Å². The molecule has 4 aromatic rings. The number of rotatable bonds is 3. The Morgan fingerprint density at radius 3 is 2.79 bits per heavy atom. The Bertz CT molecular complexity index is 1240. The zero-order chi connectivity index (χ0) is 19.9. The molecule has 0 spiro atoms. The minimum Gasteiger partial charge on any atom is -0.346 e. The maximum absolute atomic E-state index is 4.42. The van der Waals surface area contributed by atoms with Crippen molar-refractivity contribution in [2.75, 3.05) is 6.54 Å². The van der Waals surface area contributed by atoms with Gasteiger partial charge in [0.25, 0.3) is 0 Å². The smallest absolute Gasteiger partial charge is 0.158 e. The highest BCUT2D eigenvalue weighted by Crippen LogP contribution is 2.48. The zero-order valence-corrected chi connectivity index (χ0v) is 18.2. The van der Waals surface area contributed by atoms with E-state index in [1.54, 1.807) is 11.2 Å². The summed E-state index contributed by atoms with van der Waals surface area (Å²) in [6, 6.07) is 3.24. The monoisotopic (exact) mass is 405 g/mol. The van der Waals surface area contributed by atoms with Gasteiger partial charge in [0.05, 0.1) is 5.69 Å². The number of hydrogen-bond acceptors (Lipinski definition) is 4.